The molecule has 0 saturated heterocycles. The van der Waals surface area contributed by atoms with E-state index >= 15 is 0 Å². The van der Waals surface area contributed by atoms with E-state index < -0.39 is 0 Å². The van der Waals surface area contributed by atoms with Crippen LogP contribution in [0.25, 0.3) is 6.08 Å². The fourth-order valence-electron chi connectivity index (χ4n) is 1.49. The number of aromatic nitrogens is 4. The van der Waals surface area contributed by atoms with Crippen molar-refractivity contribution in [2.75, 3.05) is 5.32 Å². The Morgan fingerprint density at radius 2 is 2.17 bits per heavy atom. The molecule has 0 aliphatic heterocycles. The monoisotopic (exact) mass is 243 g/mol. The molecule has 1 aromatic heterocycles. The highest BCUT2D eigenvalue weighted by Crippen LogP contribution is 2.09. The van der Waals surface area contributed by atoms with Gasteiger partial charge in [-0.25, -0.2) is 4.68 Å². The zero-order valence-electron chi connectivity index (χ0n) is 10.00. The lowest BCUT2D eigenvalue weighted by Crippen LogP contribution is -2.13. The van der Waals surface area contributed by atoms with Gasteiger partial charge < -0.3 is 0 Å². The van der Waals surface area contributed by atoms with Crippen LogP contribution in [-0.2, 0) is 11.3 Å². The molecule has 1 amide bonds. The lowest BCUT2D eigenvalue weighted by Gasteiger charge is -2.05. The first kappa shape index (κ1) is 12.0. The van der Waals surface area contributed by atoms with Gasteiger partial charge in [-0.3, -0.25) is 10.1 Å². The summed E-state index contributed by atoms with van der Waals surface area (Å²) < 4.78 is 1.53. The average molecular weight is 243 g/mol. The molecule has 1 N–H and O–H groups in total. The second-order valence-electron chi connectivity index (χ2n) is 3.79. The molecule has 0 aliphatic carbocycles. The third-order valence-electron chi connectivity index (χ3n) is 2.37. The lowest BCUT2D eigenvalue weighted by molar-refractivity contribution is -0.114. The number of tetrazole rings is 1. The standard InChI is InChI=1S/C12H13N5O/c1-3-10-4-6-11(7-5-10)8-17-12(13-9(2)18)14-15-16-17/h3-7H,1,8H2,2H3,(H,13,14,16,18). The van der Waals surface area contributed by atoms with E-state index in [0.717, 1.165) is 11.1 Å². The molecule has 0 aliphatic rings. The van der Waals surface area contributed by atoms with Crippen LogP contribution < -0.4 is 5.32 Å². The highest BCUT2D eigenvalue weighted by Gasteiger charge is 2.07. The van der Waals surface area contributed by atoms with Crippen LogP contribution in [0, 0.1) is 0 Å². The molecule has 18 heavy (non-hydrogen) atoms. The van der Waals surface area contributed by atoms with Gasteiger partial charge in [0.15, 0.2) is 0 Å². The van der Waals surface area contributed by atoms with Crippen LogP contribution in [0.1, 0.15) is 18.1 Å². The summed E-state index contributed by atoms with van der Waals surface area (Å²) in [5, 5.41) is 13.7. The van der Waals surface area contributed by atoms with Crippen molar-refractivity contribution in [1.82, 2.24) is 20.2 Å². The molecule has 0 spiro atoms. The molecule has 0 bridgehead atoms. The third-order valence-corrected chi connectivity index (χ3v) is 2.37. The van der Waals surface area contributed by atoms with E-state index in [9.17, 15) is 4.79 Å². The lowest BCUT2D eigenvalue weighted by atomic mass is 10.1. The second-order valence-corrected chi connectivity index (χ2v) is 3.79. The Bertz CT molecular complexity index is 558. The summed E-state index contributed by atoms with van der Waals surface area (Å²) in [6, 6.07) is 7.86. The van der Waals surface area contributed by atoms with E-state index in [1.54, 1.807) is 6.08 Å². The molecule has 2 aromatic rings. The predicted octanol–water partition coefficient (Wildman–Crippen LogP) is 1.32. The van der Waals surface area contributed by atoms with Crippen LogP contribution in [0.3, 0.4) is 0 Å². The number of carbonyl (C=O) groups excluding carboxylic acids is 1. The molecule has 2 rings (SSSR count). The molecule has 0 atom stereocenters. The Kier molecular flexibility index (Phi) is 3.47. The van der Waals surface area contributed by atoms with E-state index in [4.69, 9.17) is 0 Å². The van der Waals surface area contributed by atoms with Crippen molar-refractivity contribution in [3.63, 3.8) is 0 Å². The van der Waals surface area contributed by atoms with E-state index in [1.165, 1.54) is 11.6 Å². The van der Waals surface area contributed by atoms with E-state index in [1.807, 2.05) is 24.3 Å². The van der Waals surface area contributed by atoms with Gasteiger partial charge >= 0.3 is 0 Å². The van der Waals surface area contributed by atoms with Gasteiger partial charge in [-0.1, -0.05) is 42.0 Å². The van der Waals surface area contributed by atoms with Crippen LogP contribution in [0.2, 0.25) is 0 Å². The van der Waals surface area contributed by atoms with Crippen molar-refractivity contribution in [1.29, 1.82) is 0 Å². The molecule has 0 fully saturated rings. The number of nitrogens with zero attached hydrogens (tertiary/aromatic N) is 4. The predicted molar refractivity (Wildman–Crippen MR) is 67.8 cm³/mol. The smallest absolute Gasteiger partial charge is 0.249 e. The highest BCUT2D eigenvalue weighted by atomic mass is 16.1. The van der Waals surface area contributed by atoms with Crippen LogP contribution in [0.15, 0.2) is 30.8 Å². The Labute approximate surface area is 104 Å². The minimum atomic E-state index is -0.201. The number of amides is 1. The van der Waals surface area contributed by atoms with Crippen molar-refractivity contribution in [2.24, 2.45) is 0 Å². The SMILES string of the molecule is C=Cc1ccc(Cn2nnnc2NC(C)=O)cc1. The summed E-state index contributed by atoms with van der Waals surface area (Å²) in [4.78, 5) is 11.0. The van der Waals surface area contributed by atoms with Crippen LogP contribution in [0.5, 0.6) is 0 Å². The maximum Gasteiger partial charge on any atom is 0.249 e. The summed E-state index contributed by atoms with van der Waals surface area (Å²) in [5.74, 6) is 0.142. The molecule has 6 nitrogen and oxygen atoms in total. The summed E-state index contributed by atoms with van der Waals surface area (Å²) in [5.41, 5.74) is 2.09. The van der Waals surface area contributed by atoms with Crippen molar-refractivity contribution >= 4 is 17.9 Å². The Morgan fingerprint density at radius 1 is 1.44 bits per heavy atom. The average Bonchev–Trinajstić information content (AvgIpc) is 2.77. The topological polar surface area (TPSA) is 72.7 Å². The van der Waals surface area contributed by atoms with Gasteiger partial charge in [0, 0.05) is 6.92 Å². The maximum atomic E-state index is 11.0. The van der Waals surface area contributed by atoms with Gasteiger partial charge in [-0.2, -0.15) is 0 Å². The number of rotatable bonds is 4. The molecule has 1 aromatic carbocycles. The quantitative estimate of drug-likeness (QED) is 0.879. The molecule has 0 unspecified atom stereocenters. The molecular weight excluding hydrogens is 230 g/mol. The molecule has 6 heteroatoms. The molecule has 0 radical (unpaired) electrons. The summed E-state index contributed by atoms with van der Waals surface area (Å²) in [7, 11) is 0. The largest absolute Gasteiger partial charge is 0.294 e. The van der Waals surface area contributed by atoms with Gasteiger partial charge in [-0.15, -0.1) is 0 Å². The zero-order chi connectivity index (χ0) is 13.0. The van der Waals surface area contributed by atoms with Gasteiger partial charge in [0.2, 0.25) is 11.9 Å². The Hall–Kier alpha value is -2.50. The summed E-state index contributed by atoms with van der Waals surface area (Å²) in [6.45, 7) is 5.61. The fraction of sp³-hybridized carbons (Fsp3) is 0.167. The van der Waals surface area contributed by atoms with Gasteiger partial charge in [0.25, 0.3) is 0 Å². The second kappa shape index (κ2) is 5.22. The Morgan fingerprint density at radius 3 is 2.78 bits per heavy atom. The number of benzene rings is 1. The first-order valence-corrected chi connectivity index (χ1v) is 5.44. The number of anilines is 1. The van der Waals surface area contributed by atoms with E-state index in [-0.39, 0.29) is 5.91 Å². The molecule has 92 valence electrons. The molecule has 1 heterocycles. The van der Waals surface area contributed by atoms with Crippen LogP contribution in [-0.4, -0.2) is 26.1 Å². The van der Waals surface area contributed by atoms with Gasteiger partial charge in [0.05, 0.1) is 6.54 Å². The Balaban J connectivity index is 2.15. The normalized spacial score (nSPS) is 10.1. The van der Waals surface area contributed by atoms with Crippen molar-refractivity contribution < 1.29 is 4.79 Å². The first-order valence-electron chi connectivity index (χ1n) is 5.44. The minimum Gasteiger partial charge on any atom is -0.294 e. The molecular formula is C12H13N5O. The zero-order valence-corrected chi connectivity index (χ0v) is 10.00. The van der Waals surface area contributed by atoms with Crippen molar-refractivity contribution in [3.05, 3.63) is 42.0 Å². The van der Waals surface area contributed by atoms with Crippen molar-refractivity contribution in [3.8, 4) is 0 Å². The van der Waals surface area contributed by atoms with E-state index in [2.05, 4.69) is 27.4 Å². The number of nitrogens with one attached hydrogen (secondary N) is 1. The minimum absolute atomic E-state index is 0.201. The van der Waals surface area contributed by atoms with Crippen molar-refractivity contribution in [2.45, 2.75) is 13.5 Å². The van der Waals surface area contributed by atoms with Gasteiger partial charge in [-0.05, 0) is 21.6 Å². The number of hydrogen-bond donors (Lipinski definition) is 1. The van der Waals surface area contributed by atoms with E-state index in [0.29, 0.717) is 12.5 Å². The summed E-state index contributed by atoms with van der Waals surface area (Å²) >= 11 is 0. The van der Waals surface area contributed by atoms with Crippen LogP contribution in [0.4, 0.5) is 5.95 Å². The molecule has 0 saturated carbocycles. The van der Waals surface area contributed by atoms with Crippen LogP contribution >= 0.6 is 0 Å². The summed E-state index contributed by atoms with van der Waals surface area (Å²) in [6.07, 6.45) is 1.78. The maximum absolute atomic E-state index is 11.0. The first-order chi connectivity index (χ1) is 8.69. The highest BCUT2D eigenvalue weighted by molar-refractivity contribution is 5.86. The van der Waals surface area contributed by atoms with Gasteiger partial charge in [0.1, 0.15) is 0 Å². The third kappa shape index (κ3) is 2.79. The number of hydrogen-bond acceptors (Lipinski definition) is 4. The fourth-order valence-corrected chi connectivity index (χ4v) is 1.49. The number of carbonyl (C=O) groups is 1.